The number of ether oxygens (including phenoxy) is 1. The van der Waals surface area contributed by atoms with Gasteiger partial charge in [0.05, 0.1) is 11.1 Å². The average Bonchev–Trinajstić information content (AvgIpc) is 3.32. The summed E-state index contributed by atoms with van der Waals surface area (Å²) in [5.41, 5.74) is 0.627. The van der Waals surface area contributed by atoms with Crippen molar-refractivity contribution in [3.8, 4) is 5.75 Å². The fraction of sp³-hybridized carbons (Fsp3) is 0.444. The van der Waals surface area contributed by atoms with E-state index in [1.54, 1.807) is 22.8 Å². The second-order valence-corrected chi connectivity index (χ2v) is 9.89. The molecule has 2 atom stereocenters. The maximum absolute atomic E-state index is 14.4. The van der Waals surface area contributed by atoms with E-state index in [9.17, 15) is 23.2 Å². The number of likely N-dealkylation sites (N-methyl/N-ethyl adjacent to an activating group) is 1. The first-order chi connectivity index (χ1) is 17.7. The first-order valence-electron chi connectivity index (χ1n) is 12.4. The molecule has 2 aromatic carbocycles. The summed E-state index contributed by atoms with van der Waals surface area (Å²) in [6.45, 7) is 5.22. The summed E-state index contributed by atoms with van der Waals surface area (Å²) in [6.07, 6.45) is 0.510. The van der Waals surface area contributed by atoms with Crippen molar-refractivity contribution in [1.82, 2.24) is 14.7 Å². The maximum atomic E-state index is 14.4. The van der Waals surface area contributed by atoms with Crippen molar-refractivity contribution in [1.29, 1.82) is 0 Å². The first-order valence-corrected chi connectivity index (χ1v) is 12.8. The quantitative estimate of drug-likeness (QED) is 0.559. The van der Waals surface area contributed by atoms with E-state index in [4.69, 9.17) is 16.3 Å². The van der Waals surface area contributed by atoms with E-state index in [2.05, 4.69) is 0 Å². The number of benzene rings is 2. The van der Waals surface area contributed by atoms with E-state index in [0.717, 1.165) is 0 Å². The lowest BCUT2D eigenvalue weighted by Gasteiger charge is -2.33. The van der Waals surface area contributed by atoms with E-state index >= 15 is 0 Å². The number of halogens is 3. The Morgan fingerprint density at radius 3 is 2.30 bits per heavy atom. The van der Waals surface area contributed by atoms with Crippen molar-refractivity contribution in [2.45, 2.75) is 38.6 Å². The molecular weight excluding hydrogens is 504 g/mol. The van der Waals surface area contributed by atoms with Crippen LogP contribution in [0.15, 0.2) is 42.5 Å². The minimum Gasteiger partial charge on any atom is -0.410 e. The smallest absolute Gasteiger partial charge is 0.410 e. The van der Waals surface area contributed by atoms with Gasteiger partial charge in [-0.2, -0.15) is 0 Å². The summed E-state index contributed by atoms with van der Waals surface area (Å²) >= 11 is 5.90. The topological polar surface area (TPSA) is 70.2 Å². The van der Waals surface area contributed by atoms with Crippen LogP contribution in [-0.4, -0.2) is 71.4 Å². The van der Waals surface area contributed by atoms with Gasteiger partial charge in [0.1, 0.15) is 17.4 Å². The summed E-state index contributed by atoms with van der Waals surface area (Å²) < 4.78 is 33.2. The standard InChI is InChI=1S/C27H30ClF2N3O4/c1-3-33(27(36)37-21-7-5-20(29)6-8-21)25-16-32(15-22(25)19-4-9-23(28)24(30)14-19)26(35)18-10-12-31(13-11-18)17(2)34/h4-9,14,18,22,25H,3,10-13,15-16H2,1-2H3/t22-,25+/m0/s1. The molecule has 3 amide bonds. The molecule has 2 aliphatic rings. The Bertz CT molecular complexity index is 1150. The first kappa shape index (κ1) is 26.9. The van der Waals surface area contributed by atoms with Crippen molar-refractivity contribution in [2.75, 3.05) is 32.7 Å². The van der Waals surface area contributed by atoms with Crippen LogP contribution in [-0.2, 0) is 9.59 Å². The van der Waals surface area contributed by atoms with Crippen molar-refractivity contribution in [2.24, 2.45) is 5.92 Å². The van der Waals surface area contributed by atoms with Gasteiger partial charge in [0.2, 0.25) is 11.8 Å². The molecule has 4 rings (SSSR count). The van der Waals surface area contributed by atoms with Gasteiger partial charge in [-0.3, -0.25) is 9.59 Å². The number of hydrogen-bond donors (Lipinski definition) is 0. The van der Waals surface area contributed by atoms with Gasteiger partial charge in [0.25, 0.3) is 0 Å². The van der Waals surface area contributed by atoms with Crippen LogP contribution in [0.5, 0.6) is 5.75 Å². The van der Waals surface area contributed by atoms with Crippen molar-refractivity contribution in [3.05, 3.63) is 64.7 Å². The number of carbonyl (C=O) groups is 3. The van der Waals surface area contributed by atoms with Gasteiger partial charge in [0.15, 0.2) is 0 Å². The van der Waals surface area contributed by atoms with E-state index < -0.39 is 23.8 Å². The van der Waals surface area contributed by atoms with Gasteiger partial charge in [0, 0.05) is 51.5 Å². The molecule has 2 heterocycles. The molecule has 2 aliphatic heterocycles. The molecule has 0 bridgehead atoms. The summed E-state index contributed by atoms with van der Waals surface area (Å²) in [4.78, 5) is 43.3. The highest BCUT2D eigenvalue weighted by atomic mass is 35.5. The molecule has 198 valence electrons. The third kappa shape index (κ3) is 6.04. The fourth-order valence-electron chi connectivity index (χ4n) is 5.21. The molecule has 0 unspecified atom stereocenters. The lowest BCUT2D eigenvalue weighted by molar-refractivity contribution is -0.139. The normalized spacial score (nSPS) is 20.1. The fourth-order valence-corrected chi connectivity index (χ4v) is 5.33. The molecule has 0 saturated carbocycles. The summed E-state index contributed by atoms with van der Waals surface area (Å²) in [6, 6.07) is 9.19. The van der Waals surface area contributed by atoms with E-state index in [0.29, 0.717) is 38.0 Å². The van der Waals surface area contributed by atoms with Crippen molar-refractivity contribution >= 4 is 29.5 Å². The van der Waals surface area contributed by atoms with Crippen LogP contribution >= 0.6 is 11.6 Å². The largest absolute Gasteiger partial charge is 0.415 e. The lowest BCUT2D eigenvalue weighted by Crippen LogP contribution is -2.47. The zero-order valence-electron chi connectivity index (χ0n) is 20.8. The molecule has 2 saturated heterocycles. The molecule has 0 aromatic heterocycles. The van der Waals surface area contributed by atoms with Crippen LogP contribution < -0.4 is 4.74 Å². The number of nitrogens with zero attached hydrogens (tertiary/aromatic N) is 3. The molecule has 2 fully saturated rings. The third-order valence-electron chi connectivity index (χ3n) is 7.26. The second kappa shape index (κ2) is 11.5. The number of carbonyl (C=O) groups excluding carboxylic acids is 3. The number of likely N-dealkylation sites (tertiary alicyclic amines) is 2. The van der Waals surface area contributed by atoms with Gasteiger partial charge >= 0.3 is 6.09 Å². The number of rotatable bonds is 5. The molecule has 0 spiro atoms. The van der Waals surface area contributed by atoms with Crippen LogP contribution in [0.4, 0.5) is 13.6 Å². The number of amides is 3. The SMILES string of the molecule is CCN(C(=O)Oc1ccc(F)cc1)[C@@H]1CN(C(=O)C2CCN(C(C)=O)CC2)C[C@H]1c1ccc(Cl)c(F)c1. The maximum Gasteiger partial charge on any atom is 0.415 e. The molecule has 0 N–H and O–H groups in total. The zero-order chi connectivity index (χ0) is 26.7. The average molecular weight is 534 g/mol. The molecule has 7 nitrogen and oxygen atoms in total. The molecule has 0 radical (unpaired) electrons. The molecule has 0 aliphatic carbocycles. The highest BCUT2D eigenvalue weighted by Crippen LogP contribution is 2.35. The Morgan fingerprint density at radius 2 is 1.70 bits per heavy atom. The van der Waals surface area contributed by atoms with Gasteiger partial charge in [-0.15, -0.1) is 0 Å². The minimum atomic E-state index is -0.636. The van der Waals surface area contributed by atoms with Crippen LogP contribution in [0.1, 0.15) is 38.2 Å². The Balaban J connectivity index is 1.56. The van der Waals surface area contributed by atoms with Crippen molar-refractivity contribution in [3.63, 3.8) is 0 Å². The summed E-state index contributed by atoms with van der Waals surface area (Å²) in [7, 11) is 0. The summed E-state index contributed by atoms with van der Waals surface area (Å²) in [5, 5.41) is -0.00784. The Hall–Kier alpha value is -3.20. The molecule has 10 heteroatoms. The van der Waals surface area contributed by atoms with E-state index in [1.807, 2.05) is 0 Å². The highest BCUT2D eigenvalue weighted by molar-refractivity contribution is 6.30. The monoisotopic (exact) mass is 533 g/mol. The zero-order valence-corrected chi connectivity index (χ0v) is 21.6. The Labute approximate surface area is 219 Å². The van der Waals surface area contributed by atoms with E-state index in [1.165, 1.54) is 48.2 Å². The minimum absolute atomic E-state index is 0.00443. The van der Waals surface area contributed by atoms with Crippen molar-refractivity contribution < 1.29 is 27.9 Å². The Morgan fingerprint density at radius 1 is 1.03 bits per heavy atom. The summed E-state index contributed by atoms with van der Waals surface area (Å²) in [5.74, 6) is -1.45. The predicted octanol–water partition coefficient (Wildman–Crippen LogP) is 4.69. The number of piperidine rings is 1. The predicted molar refractivity (Wildman–Crippen MR) is 134 cm³/mol. The Kier molecular flexibility index (Phi) is 8.32. The van der Waals surface area contributed by atoms with Gasteiger partial charge in [-0.05, 0) is 61.7 Å². The van der Waals surface area contributed by atoms with Crippen LogP contribution in [0.2, 0.25) is 5.02 Å². The van der Waals surface area contributed by atoms with Crippen LogP contribution in [0, 0.1) is 17.6 Å². The van der Waals surface area contributed by atoms with Crippen LogP contribution in [0.25, 0.3) is 0 Å². The van der Waals surface area contributed by atoms with Crippen LogP contribution in [0.3, 0.4) is 0 Å². The van der Waals surface area contributed by atoms with Gasteiger partial charge in [-0.1, -0.05) is 17.7 Å². The molecule has 2 aromatic rings. The third-order valence-corrected chi connectivity index (χ3v) is 7.56. The lowest BCUT2D eigenvalue weighted by atomic mass is 9.93. The second-order valence-electron chi connectivity index (χ2n) is 9.48. The number of hydrogen-bond acceptors (Lipinski definition) is 4. The molecular formula is C27H30ClF2N3O4. The van der Waals surface area contributed by atoms with E-state index in [-0.39, 0.29) is 47.5 Å². The molecule has 37 heavy (non-hydrogen) atoms. The van der Waals surface area contributed by atoms with Gasteiger partial charge in [-0.25, -0.2) is 13.6 Å². The van der Waals surface area contributed by atoms with Gasteiger partial charge < -0.3 is 19.4 Å². The highest BCUT2D eigenvalue weighted by Gasteiger charge is 2.43.